The minimum absolute atomic E-state index is 0.0136. The van der Waals surface area contributed by atoms with Crippen molar-refractivity contribution in [2.45, 2.75) is 57.3 Å². The second-order valence-corrected chi connectivity index (χ2v) is 9.12. The van der Waals surface area contributed by atoms with Gasteiger partial charge in [0.2, 0.25) is 5.91 Å². The molecule has 0 unspecified atom stereocenters. The Labute approximate surface area is 140 Å². The molecule has 0 atom stereocenters. The number of rotatable bonds is 7. The first-order valence-corrected chi connectivity index (χ1v) is 9.80. The molecule has 4 nitrogen and oxygen atoms in total. The molecule has 0 bridgehead atoms. The van der Waals surface area contributed by atoms with E-state index < -0.39 is 9.84 Å². The van der Waals surface area contributed by atoms with Gasteiger partial charge in [-0.3, -0.25) is 4.79 Å². The smallest absolute Gasteiger partial charge is 0.223 e. The molecule has 1 amide bonds. The molecule has 1 aromatic rings. The molecule has 0 spiro atoms. The van der Waals surface area contributed by atoms with Crippen molar-refractivity contribution in [3.05, 3.63) is 29.8 Å². The van der Waals surface area contributed by atoms with Crippen LogP contribution in [0.5, 0.6) is 0 Å². The maximum absolute atomic E-state index is 12.4. The molecule has 0 saturated carbocycles. The first-order valence-electron chi connectivity index (χ1n) is 8.15. The molecule has 1 rings (SSSR count). The minimum atomic E-state index is -3.42. The summed E-state index contributed by atoms with van der Waals surface area (Å²) >= 11 is 0. The van der Waals surface area contributed by atoms with Gasteiger partial charge in [0, 0.05) is 20.0 Å². The topological polar surface area (TPSA) is 54.5 Å². The van der Waals surface area contributed by atoms with Crippen molar-refractivity contribution in [2.24, 2.45) is 0 Å². The van der Waals surface area contributed by atoms with Crippen LogP contribution in [0.15, 0.2) is 29.2 Å². The van der Waals surface area contributed by atoms with Crippen molar-refractivity contribution in [2.75, 3.05) is 19.3 Å². The lowest BCUT2D eigenvalue weighted by atomic mass is 9.87. The van der Waals surface area contributed by atoms with Crippen molar-refractivity contribution >= 4 is 15.7 Å². The van der Waals surface area contributed by atoms with Gasteiger partial charge in [-0.2, -0.15) is 0 Å². The summed E-state index contributed by atoms with van der Waals surface area (Å²) in [5.41, 5.74) is 1.08. The normalized spacial score (nSPS) is 12.2. The van der Waals surface area contributed by atoms with E-state index in [9.17, 15) is 13.2 Å². The average molecular weight is 340 g/mol. The number of amides is 1. The summed E-state index contributed by atoms with van der Waals surface area (Å²) in [5.74, 6) is -0.259. The van der Waals surface area contributed by atoms with Gasteiger partial charge in [-0.05, 0) is 29.5 Å². The van der Waals surface area contributed by atoms with Gasteiger partial charge in [-0.25, -0.2) is 8.42 Å². The van der Waals surface area contributed by atoms with Crippen molar-refractivity contribution in [3.63, 3.8) is 0 Å². The molecule has 0 radical (unpaired) electrons. The highest BCUT2D eigenvalue weighted by molar-refractivity contribution is 7.91. The number of hydrogen-bond donors (Lipinski definition) is 0. The van der Waals surface area contributed by atoms with Crippen LogP contribution < -0.4 is 0 Å². The Morgan fingerprint density at radius 3 is 2.17 bits per heavy atom. The van der Waals surface area contributed by atoms with E-state index in [0.717, 1.165) is 18.4 Å². The van der Waals surface area contributed by atoms with E-state index in [2.05, 4.69) is 27.7 Å². The molecular weight excluding hydrogens is 310 g/mol. The van der Waals surface area contributed by atoms with Crippen LogP contribution in [0.2, 0.25) is 0 Å². The summed E-state index contributed by atoms with van der Waals surface area (Å²) < 4.78 is 24.7. The molecule has 0 aliphatic rings. The summed E-state index contributed by atoms with van der Waals surface area (Å²) in [6.07, 6.45) is 1.98. The van der Waals surface area contributed by atoms with E-state index in [1.165, 1.54) is 0 Å². The number of hydrogen-bond acceptors (Lipinski definition) is 3. The second kappa shape index (κ2) is 7.95. The van der Waals surface area contributed by atoms with Crippen LogP contribution in [-0.4, -0.2) is 38.6 Å². The van der Waals surface area contributed by atoms with E-state index >= 15 is 0 Å². The summed E-state index contributed by atoms with van der Waals surface area (Å²) in [4.78, 5) is 13.9. The van der Waals surface area contributed by atoms with E-state index in [1.54, 1.807) is 24.1 Å². The van der Waals surface area contributed by atoms with Gasteiger partial charge in [0.05, 0.1) is 10.6 Å². The maximum Gasteiger partial charge on any atom is 0.223 e. The molecule has 1 aromatic carbocycles. The fourth-order valence-corrected chi connectivity index (χ4v) is 3.44. The van der Waals surface area contributed by atoms with Crippen LogP contribution in [-0.2, 0) is 20.0 Å². The Bertz CT molecular complexity index is 613. The lowest BCUT2D eigenvalue weighted by Gasteiger charge is -2.19. The van der Waals surface area contributed by atoms with Gasteiger partial charge in [0.25, 0.3) is 0 Å². The Hall–Kier alpha value is -1.36. The monoisotopic (exact) mass is 339 g/mol. The van der Waals surface area contributed by atoms with Gasteiger partial charge in [0.15, 0.2) is 9.84 Å². The van der Waals surface area contributed by atoms with E-state index in [4.69, 9.17) is 0 Å². The van der Waals surface area contributed by atoms with Gasteiger partial charge < -0.3 is 4.90 Å². The number of sulfone groups is 1. The third-order valence-electron chi connectivity index (χ3n) is 3.94. The highest BCUT2D eigenvalue weighted by Gasteiger charge is 2.19. The second-order valence-electron chi connectivity index (χ2n) is 7.01. The molecule has 23 heavy (non-hydrogen) atoms. The summed E-state index contributed by atoms with van der Waals surface area (Å²) in [5, 5.41) is 0. The minimum Gasteiger partial charge on any atom is -0.346 e. The number of benzene rings is 1. The first-order chi connectivity index (χ1) is 10.6. The number of carbonyl (C=O) groups excluding carboxylic acids is 1. The SMILES string of the molecule is CCCCN(C)C(=O)CCS(=O)(=O)c1ccc(C(C)(C)C)cc1. The Kier molecular flexibility index (Phi) is 6.81. The number of unbranched alkanes of at least 4 members (excludes halogenated alkanes) is 1. The van der Waals surface area contributed by atoms with E-state index in [-0.39, 0.29) is 28.4 Å². The number of carbonyl (C=O) groups is 1. The van der Waals surface area contributed by atoms with Crippen LogP contribution in [0.4, 0.5) is 0 Å². The highest BCUT2D eigenvalue weighted by Crippen LogP contribution is 2.24. The molecule has 5 heteroatoms. The zero-order valence-electron chi connectivity index (χ0n) is 14.9. The maximum atomic E-state index is 12.4. The van der Waals surface area contributed by atoms with Crippen LogP contribution >= 0.6 is 0 Å². The van der Waals surface area contributed by atoms with Gasteiger partial charge in [0.1, 0.15) is 0 Å². The Morgan fingerprint density at radius 1 is 1.13 bits per heavy atom. The molecular formula is C18H29NO3S. The molecule has 0 N–H and O–H groups in total. The van der Waals surface area contributed by atoms with Crippen LogP contribution in [0.3, 0.4) is 0 Å². The highest BCUT2D eigenvalue weighted by atomic mass is 32.2. The Morgan fingerprint density at radius 2 is 1.70 bits per heavy atom. The van der Waals surface area contributed by atoms with Crippen molar-refractivity contribution in [1.82, 2.24) is 4.90 Å². The predicted molar refractivity (Wildman–Crippen MR) is 94.4 cm³/mol. The fourth-order valence-electron chi connectivity index (χ4n) is 2.21. The third kappa shape index (κ3) is 5.98. The predicted octanol–water partition coefficient (Wildman–Crippen LogP) is 3.41. The largest absolute Gasteiger partial charge is 0.346 e. The number of nitrogens with zero attached hydrogens (tertiary/aromatic N) is 1. The molecule has 0 aliphatic heterocycles. The molecule has 0 aliphatic carbocycles. The van der Waals surface area contributed by atoms with E-state index in [0.29, 0.717) is 6.54 Å². The fraction of sp³-hybridized carbons (Fsp3) is 0.611. The van der Waals surface area contributed by atoms with Crippen LogP contribution in [0, 0.1) is 0 Å². The average Bonchev–Trinajstić information content (AvgIpc) is 2.49. The first kappa shape index (κ1) is 19.7. The van der Waals surface area contributed by atoms with Crippen LogP contribution in [0.25, 0.3) is 0 Å². The molecule has 0 saturated heterocycles. The standard InChI is InChI=1S/C18H29NO3S/c1-6-7-13-19(5)17(20)12-14-23(21,22)16-10-8-15(9-11-16)18(2,3)4/h8-11H,6-7,12-14H2,1-5H3. The van der Waals surface area contributed by atoms with Crippen molar-refractivity contribution in [3.8, 4) is 0 Å². The quantitative estimate of drug-likeness (QED) is 0.765. The summed E-state index contributed by atoms with van der Waals surface area (Å²) in [6, 6.07) is 6.98. The van der Waals surface area contributed by atoms with Crippen LogP contribution in [0.1, 0.15) is 52.5 Å². The molecule has 0 heterocycles. The lowest BCUT2D eigenvalue weighted by molar-refractivity contribution is -0.129. The lowest BCUT2D eigenvalue weighted by Crippen LogP contribution is -2.29. The van der Waals surface area contributed by atoms with Gasteiger partial charge >= 0.3 is 0 Å². The van der Waals surface area contributed by atoms with Gasteiger partial charge in [-0.15, -0.1) is 0 Å². The zero-order valence-corrected chi connectivity index (χ0v) is 15.7. The van der Waals surface area contributed by atoms with Crippen molar-refractivity contribution < 1.29 is 13.2 Å². The summed E-state index contributed by atoms with van der Waals surface area (Å²) in [6.45, 7) is 8.99. The van der Waals surface area contributed by atoms with Gasteiger partial charge in [-0.1, -0.05) is 46.2 Å². The molecule has 130 valence electrons. The third-order valence-corrected chi connectivity index (χ3v) is 5.67. The van der Waals surface area contributed by atoms with E-state index in [1.807, 2.05) is 12.1 Å². The van der Waals surface area contributed by atoms with Crippen molar-refractivity contribution in [1.29, 1.82) is 0 Å². The Balaban J connectivity index is 2.71. The molecule has 0 aromatic heterocycles. The summed E-state index contributed by atoms with van der Waals surface area (Å²) in [7, 11) is -1.69. The zero-order chi connectivity index (χ0) is 17.7. The molecule has 0 fully saturated rings.